The number of aliphatic carboxylic acids is 1. The van der Waals surface area contributed by atoms with Crippen molar-refractivity contribution in [2.24, 2.45) is 0 Å². The van der Waals surface area contributed by atoms with Gasteiger partial charge in [0.2, 0.25) is 0 Å². The molecule has 33 heavy (non-hydrogen) atoms. The number of nitrogens with one attached hydrogen (secondary N) is 1. The van der Waals surface area contributed by atoms with Gasteiger partial charge in [-0.2, -0.15) is 0 Å². The van der Waals surface area contributed by atoms with Crippen LogP contribution in [0, 0.1) is 0 Å². The molecule has 1 aliphatic rings. The van der Waals surface area contributed by atoms with Gasteiger partial charge in [0.1, 0.15) is 6.04 Å². The van der Waals surface area contributed by atoms with Crippen LogP contribution in [0.15, 0.2) is 48.5 Å². The fourth-order valence-corrected chi connectivity index (χ4v) is 3.37. The number of amides is 1. The lowest BCUT2D eigenvalue weighted by Crippen LogP contribution is -2.42. The van der Waals surface area contributed by atoms with Crippen LogP contribution in [0.25, 0.3) is 0 Å². The summed E-state index contributed by atoms with van der Waals surface area (Å²) < 4.78 is 16.7. The Hall–Kier alpha value is -3.17. The number of methoxy groups -OCH3 is 1. The van der Waals surface area contributed by atoms with E-state index in [2.05, 4.69) is 10.1 Å². The highest BCUT2D eigenvalue weighted by atomic mass is 16.7. The second-order valence-electron chi connectivity index (χ2n) is 8.97. The first-order valence-electron chi connectivity index (χ1n) is 10.6. The molecule has 0 aromatic heterocycles. The van der Waals surface area contributed by atoms with Gasteiger partial charge in [-0.3, -0.25) is 4.79 Å². The van der Waals surface area contributed by atoms with E-state index in [0.717, 1.165) is 11.0 Å². The third-order valence-corrected chi connectivity index (χ3v) is 6.09. The number of esters is 1. The zero-order chi connectivity index (χ0) is 24.4. The summed E-state index contributed by atoms with van der Waals surface area (Å²) in [5.41, 5.74) is 1.01. The Morgan fingerprint density at radius 2 is 1.58 bits per heavy atom. The topological polar surface area (TPSA) is 111 Å². The molecule has 1 saturated heterocycles. The molecule has 0 bridgehead atoms. The summed E-state index contributed by atoms with van der Waals surface area (Å²) in [5, 5.41) is 12.1. The van der Waals surface area contributed by atoms with Crippen molar-refractivity contribution in [3.05, 3.63) is 65.2 Å². The number of hydrogen-bond acceptors (Lipinski definition) is 6. The van der Waals surface area contributed by atoms with E-state index in [-0.39, 0.29) is 17.5 Å². The van der Waals surface area contributed by atoms with Crippen LogP contribution in [-0.4, -0.2) is 54.4 Å². The molecule has 174 valence electrons. The Labute approximate surface area is 193 Å². The van der Waals surface area contributed by atoms with E-state index in [0.29, 0.717) is 0 Å². The van der Waals surface area contributed by atoms with Crippen molar-refractivity contribution in [2.75, 3.05) is 7.11 Å². The predicted octanol–water partition coefficient (Wildman–Crippen LogP) is 2.20. The van der Waals surface area contributed by atoms with Crippen LogP contribution in [-0.2, 0) is 25.3 Å². The highest BCUT2D eigenvalue weighted by molar-refractivity contribution is 6.62. The quantitative estimate of drug-likeness (QED) is 0.489. The predicted molar refractivity (Wildman–Crippen MR) is 123 cm³/mol. The van der Waals surface area contributed by atoms with Gasteiger partial charge in [0.05, 0.1) is 23.9 Å². The van der Waals surface area contributed by atoms with Crippen molar-refractivity contribution in [1.82, 2.24) is 5.32 Å². The van der Waals surface area contributed by atoms with Crippen LogP contribution >= 0.6 is 0 Å². The standard InChI is InChI=1S/C24H28BNO7/c1-23(2)24(3,4)33-25(32-23)18-11-9-15(10-12-18)13-19(21(28)29)26-20(27)16-7-6-8-17(14-16)22(30)31-5/h6-12,14,19H,13H2,1-5H3,(H,26,27)(H,28,29)/t19-/m1/s1. The van der Waals surface area contributed by atoms with Gasteiger partial charge in [-0.1, -0.05) is 30.3 Å². The molecule has 2 N–H and O–H groups in total. The second-order valence-corrected chi connectivity index (χ2v) is 8.97. The zero-order valence-corrected chi connectivity index (χ0v) is 19.4. The van der Waals surface area contributed by atoms with Gasteiger partial charge >= 0.3 is 19.1 Å². The van der Waals surface area contributed by atoms with Crippen LogP contribution in [0.1, 0.15) is 54.0 Å². The second kappa shape index (κ2) is 9.37. The summed E-state index contributed by atoms with van der Waals surface area (Å²) in [6.07, 6.45) is 0.0847. The van der Waals surface area contributed by atoms with Gasteiger partial charge in [-0.05, 0) is 56.9 Å². The van der Waals surface area contributed by atoms with Gasteiger partial charge in [0.25, 0.3) is 5.91 Å². The molecule has 1 atom stereocenters. The van der Waals surface area contributed by atoms with Crippen LogP contribution in [0.2, 0.25) is 0 Å². The molecule has 1 aliphatic heterocycles. The van der Waals surface area contributed by atoms with Crippen LogP contribution in [0.3, 0.4) is 0 Å². The van der Waals surface area contributed by atoms with Gasteiger partial charge in [-0.25, -0.2) is 9.59 Å². The van der Waals surface area contributed by atoms with Crippen LogP contribution in [0.5, 0.6) is 0 Å². The van der Waals surface area contributed by atoms with Crippen molar-refractivity contribution in [3.8, 4) is 0 Å². The summed E-state index contributed by atoms with van der Waals surface area (Å²) in [7, 11) is 0.731. The lowest BCUT2D eigenvalue weighted by molar-refractivity contribution is -0.139. The molecule has 2 aromatic carbocycles. The number of carbonyl (C=O) groups excluding carboxylic acids is 2. The minimum atomic E-state index is -1.16. The zero-order valence-electron chi connectivity index (χ0n) is 19.4. The molecule has 9 heteroatoms. The van der Waals surface area contributed by atoms with Gasteiger partial charge in [-0.15, -0.1) is 0 Å². The number of hydrogen-bond donors (Lipinski definition) is 2. The number of carboxylic acid groups (broad SMARTS) is 1. The Balaban J connectivity index is 1.69. The van der Waals surface area contributed by atoms with Crippen molar-refractivity contribution >= 4 is 30.4 Å². The molecular weight excluding hydrogens is 425 g/mol. The maximum atomic E-state index is 12.6. The molecule has 0 spiro atoms. The molecule has 0 unspecified atom stereocenters. The molecular formula is C24H28BNO7. The van der Waals surface area contributed by atoms with Crippen LogP contribution < -0.4 is 10.8 Å². The molecule has 0 saturated carbocycles. The fraction of sp³-hybridized carbons (Fsp3) is 0.375. The SMILES string of the molecule is COC(=O)c1cccc(C(=O)N[C@H](Cc2ccc(B3OC(C)(C)C(C)(C)O3)cc2)C(=O)O)c1. The summed E-state index contributed by atoms with van der Waals surface area (Å²) >= 11 is 0. The van der Waals surface area contributed by atoms with Gasteiger partial charge < -0.3 is 24.5 Å². The van der Waals surface area contributed by atoms with Gasteiger partial charge in [0.15, 0.2) is 0 Å². The van der Waals surface area contributed by atoms with E-state index in [9.17, 15) is 19.5 Å². The maximum absolute atomic E-state index is 12.6. The summed E-state index contributed by atoms with van der Waals surface area (Å²) in [6.45, 7) is 7.90. The third kappa shape index (κ3) is 5.43. The molecule has 1 fully saturated rings. The first kappa shape index (κ1) is 24.5. The monoisotopic (exact) mass is 453 g/mol. The number of carboxylic acids is 1. The number of benzene rings is 2. The Kier molecular flexibility index (Phi) is 6.95. The maximum Gasteiger partial charge on any atom is 0.494 e. The molecule has 3 rings (SSSR count). The van der Waals surface area contributed by atoms with Crippen molar-refractivity contribution in [3.63, 3.8) is 0 Å². The van der Waals surface area contributed by atoms with E-state index < -0.39 is 42.2 Å². The average molecular weight is 453 g/mol. The first-order chi connectivity index (χ1) is 15.4. The largest absolute Gasteiger partial charge is 0.494 e. The first-order valence-corrected chi connectivity index (χ1v) is 10.6. The average Bonchev–Trinajstić information content (AvgIpc) is 3.00. The molecule has 1 amide bonds. The smallest absolute Gasteiger partial charge is 0.480 e. The Bertz CT molecular complexity index is 1030. The summed E-state index contributed by atoms with van der Waals surface area (Å²) in [6, 6.07) is 12.0. The van der Waals surface area contributed by atoms with Crippen molar-refractivity contribution < 1.29 is 33.5 Å². The van der Waals surface area contributed by atoms with E-state index in [1.807, 2.05) is 39.8 Å². The lowest BCUT2D eigenvalue weighted by Gasteiger charge is -2.32. The molecule has 0 aliphatic carbocycles. The lowest BCUT2D eigenvalue weighted by atomic mass is 9.78. The van der Waals surface area contributed by atoms with Gasteiger partial charge in [0, 0.05) is 12.0 Å². The van der Waals surface area contributed by atoms with Crippen molar-refractivity contribution in [2.45, 2.75) is 51.4 Å². The molecule has 1 heterocycles. The van der Waals surface area contributed by atoms with E-state index in [4.69, 9.17) is 9.31 Å². The third-order valence-electron chi connectivity index (χ3n) is 6.09. The highest BCUT2D eigenvalue weighted by Gasteiger charge is 2.51. The van der Waals surface area contributed by atoms with E-state index in [1.54, 1.807) is 12.1 Å². The molecule has 8 nitrogen and oxygen atoms in total. The highest BCUT2D eigenvalue weighted by Crippen LogP contribution is 2.36. The number of ether oxygens (including phenoxy) is 1. The minimum absolute atomic E-state index is 0.0847. The number of carbonyl (C=O) groups is 3. The van der Waals surface area contributed by atoms with E-state index in [1.165, 1.54) is 31.4 Å². The van der Waals surface area contributed by atoms with Crippen LogP contribution in [0.4, 0.5) is 0 Å². The molecule has 0 radical (unpaired) electrons. The molecule has 2 aromatic rings. The number of rotatable bonds is 7. The van der Waals surface area contributed by atoms with E-state index >= 15 is 0 Å². The summed E-state index contributed by atoms with van der Waals surface area (Å²) in [5.74, 6) is -2.34. The fourth-order valence-electron chi connectivity index (χ4n) is 3.37. The Morgan fingerprint density at radius 1 is 1.00 bits per heavy atom. The Morgan fingerprint density at radius 3 is 2.12 bits per heavy atom. The summed E-state index contributed by atoms with van der Waals surface area (Å²) in [4.78, 5) is 36.1. The minimum Gasteiger partial charge on any atom is -0.480 e. The normalized spacial score (nSPS) is 17.3. The van der Waals surface area contributed by atoms with Crippen molar-refractivity contribution in [1.29, 1.82) is 0 Å².